The van der Waals surface area contributed by atoms with E-state index in [4.69, 9.17) is 4.74 Å². The molecule has 2 aromatic rings. The Morgan fingerprint density at radius 1 is 1.32 bits per heavy atom. The maximum atomic E-state index is 13.6. The molecule has 1 unspecified atom stereocenters. The Bertz CT molecular complexity index is 513. The standard InChI is InChI=1S/C15H18FNOS/c1-17-12(10-13-4-3-7-19-13)8-11-5-6-15(18-2)14(16)9-11/h3-7,9,12,17H,8,10H2,1-2H3. The van der Waals surface area contributed by atoms with Crippen LogP contribution in [0.5, 0.6) is 5.75 Å². The van der Waals surface area contributed by atoms with Crippen LogP contribution >= 0.6 is 11.3 Å². The molecule has 0 saturated heterocycles. The highest BCUT2D eigenvalue weighted by Gasteiger charge is 2.11. The summed E-state index contributed by atoms with van der Waals surface area (Å²) in [6.07, 6.45) is 1.76. The number of likely N-dealkylation sites (N-methyl/N-ethyl adjacent to an activating group) is 1. The van der Waals surface area contributed by atoms with Gasteiger partial charge in [-0.15, -0.1) is 11.3 Å². The molecule has 0 spiro atoms. The number of rotatable bonds is 6. The van der Waals surface area contributed by atoms with Crippen molar-refractivity contribution >= 4 is 11.3 Å². The van der Waals surface area contributed by atoms with Crippen LogP contribution in [0.3, 0.4) is 0 Å². The Balaban J connectivity index is 2.03. The third kappa shape index (κ3) is 3.78. The van der Waals surface area contributed by atoms with Gasteiger partial charge in [0.25, 0.3) is 0 Å². The molecule has 4 heteroatoms. The number of benzene rings is 1. The van der Waals surface area contributed by atoms with E-state index in [1.165, 1.54) is 12.0 Å². The summed E-state index contributed by atoms with van der Waals surface area (Å²) in [7, 11) is 3.42. The molecule has 1 aromatic carbocycles. The first-order valence-corrected chi connectivity index (χ1v) is 7.13. The van der Waals surface area contributed by atoms with Gasteiger partial charge >= 0.3 is 0 Å². The average molecular weight is 279 g/mol. The fraction of sp³-hybridized carbons (Fsp3) is 0.333. The summed E-state index contributed by atoms with van der Waals surface area (Å²) < 4.78 is 18.6. The van der Waals surface area contributed by atoms with Crippen LogP contribution < -0.4 is 10.1 Å². The molecular formula is C15H18FNOS. The van der Waals surface area contributed by atoms with Crippen molar-refractivity contribution in [2.45, 2.75) is 18.9 Å². The number of ether oxygens (including phenoxy) is 1. The van der Waals surface area contributed by atoms with Crippen LogP contribution in [0.1, 0.15) is 10.4 Å². The van der Waals surface area contributed by atoms with Crippen LogP contribution in [-0.2, 0) is 12.8 Å². The van der Waals surface area contributed by atoms with Crippen molar-refractivity contribution in [3.8, 4) is 5.75 Å². The molecule has 1 aromatic heterocycles. The molecule has 0 saturated carbocycles. The second-order valence-corrected chi connectivity index (χ2v) is 5.47. The van der Waals surface area contributed by atoms with Gasteiger partial charge in [0, 0.05) is 10.9 Å². The molecule has 19 heavy (non-hydrogen) atoms. The lowest BCUT2D eigenvalue weighted by atomic mass is 10.0. The van der Waals surface area contributed by atoms with Gasteiger partial charge in [0.15, 0.2) is 11.6 Å². The highest BCUT2D eigenvalue weighted by Crippen LogP contribution is 2.19. The van der Waals surface area contributed by atoms with E-state index in [0.29, 0.717) is 11.8 Å². The van der Waals surface area contributed by atoms with Crippen LogP contribution in [-0.4, -0.2) is 20.2 Å². The summed E-state index contributed by atoms with van der Waals surface area (Å²) in [5, 5.41) is 5.37. The molecule has 1 N–H and O–H groups in total. The minimum absolute atomic E-state index is 0.294. The number of nitrogens with one attached hydrogen (secondary N) is 1. The fourth-order valence-electron chi connectivity index (χ4n) is 2.07. The highest BCUT2D eigenvalue weighted by atomic mass is 32.1. The summed E-state index contributed by atoms with van der Waals surface area (Å²) in [5.74, 6) is -0.00556. The van der Waals surface area contributed by atoms with Crippen LogP contribution in [0.15, 0.2) is 35.7 Å². The molecule has 0 fully saturated rings. The maximum absolute atomic E-state index is 13.6. The van der Waals surface area contributed by atoms with E-state index in [-0.39, 0.29) is 5.82 Å². The predicted molar refractivity (Wildman–Crippen MR) is 77.5 cm³/mol. The smallest absolute Gasteiger partial charge is 0.165 e. The monoisotopic (exact) mass is 279 g/mol. The van der Waals surface area contributed by atoms with Gasteiger partial charge in [0.05, 0.1) is 7.11 Å². The van der Waals surface area contributed by atoms with Crippen molar-refractivity contribution in [1.29, 1.82) is 0 Å². The molecule has 102 valence electrons. The molecule has 0 amide bonds. The van der Waals surface area contributed by atoms with Crippen molar-refractivity contribution in [3.63, 3.8) is 0 Å². The van der Waals surface area contributed by atoms with Crippen LogP contribution in [0.2, 0.25) is 0 Å². The molecule has 2 nitrogen and oxygen atoms in total. The van der Waals surface area contributed by atoms with Crippen molar-refractivity contribution in [2.75, 3.05) is 14.2 Å². The molecule has 1 heterocycles. The third-order valence-corrected chi connectivity index (χ3v) is 4.03. The zero-order valence-electron chi connectivity index (χ0n) is 11.2. The normalized spacial score (nSPS) is 12.4. The summed E-state index contributed by atoms with van der Waals surface area (Å²) in [6, 6.07) is 9.65. The number of hydrogen-bond acceptors (Lipinski definition) is 3. The Morgan fingerprint density at radius 3 is 2.74 bits per heavy atom. The second kappa shape index (κ2) is 6.68. The van der Waals surface area contributed by atoms with E-state index in [0.717, 1.165) is 18.4 Å². The second-order valence-electron chi connectivity index (χ2n) is 4.44. The van der Waals surface area contributed by atoms with Gasteiger partial charge in [0.2, 0.25) is 0 Å². The van der Waals surface area contributed by atoms with E-state index in [2.05, 4.69) is 22.8 Å². The van der Waals surface area contributed by atoms with Gasteiger partial charge in [-0.1, -0.05) is 12.1 Å². The van der Waals surface area contributed by atoms with Gasteiger partial charge in [-0.25, -0.2) is 4.39 Å². The summed E-state index contributed by atoms with van der Waals surface area (Å²) in [4.78, 5) is 1.34. The lowest BCUT2D eigenvalue weighted by Crippen LogP contribution is -2.29. The Morgan fingerprint density at radius 2 is 2.16 bits per heavy atom. The Labute approximate surface area is 117 Å². The lowest BCUT2D eigenvalue weighted by molar-refractivity contribution is 0.386. The fourth-order valence-corrected chi connectivity index (χ4v) is 2.86. The Kier molecular flexibility index (Phi) is 4.93. The molecule has 0 aliphatic rings. The van der Waals surface area contributed by atoms with Gasteiger partial charge in [-0.2, -0.15) is 0 Å². The molecule has 1 atom stereocenters. The van der Waals surface area contributed by atoms with Gasteiger partial charge < -0.3 is 10.1 Å². The Hall–Kier alpha value is -1.39. The quantitative estimate of drug-likeness (QED) is 0.876. The first kappa shape index (κ1) is 14.0. The largest absolute Gasteiger partial charge is 0.494 e. The van der Waals surface area contributed by atoms with E-state index in [9.17, 15) is 4.39 Å². The van der Waals surface area contributed by atoms with E-state index in [1.54, 1.807) is 23.5 Å². The van der Waals surface area contributed by atoms with E-state index >= 15 is 0 Å². The highest BCUT2D eigenvalue weighted by molar-refractivity contribution is 7.09. The maximum Gasteiger partial charge on any atom is 0.165 e. The molecule has 0 aliphatic heterocycles. The van der Waals surface area contributed by atoms with Gasteiger partial charge in [-0.3, -0.25) is 0 Å². The van der Waals surface area contributed by atoms with E-state index < -0.39 is 0 Å². The van der Waals surface area contributed by atoms with Crippen LogP contribution in [0.25, 0.3) is 0 Å². The zero-order valence-corrected chi connectivity index (χ0v) is 12.0. The molecule has 0 radical (unpaired) electrons. The van der Waals surface area contributed by atoms with Crippen LogP contribution in [0.4, 0.5) is 4.39 Å². The number of hydrogen-bond donors (Lipinski definition) is 1. The molecule has 2 rings (SSSR count). The number of methoxy groups -OCH3 is 1. The van der Waals surface area contributed by atoms with E-state index in [1.807, 2.05) is 13.1 Å². The summed E-state index contributed by atoms with van der Waals surface area (Å²) in [5.41, 5.74) is 0.981. The minimum atomic E-state index is -0.300. The van der Waals surface area contributed by atoms with Gasteiger partial charge in [-0.05, 0) is 49.0 Å². The van der Waals surface area contributed by atoms with Crippen molar-refractivity contribution in [2.24, 2.45) is 0 Å². The molecule has 0 aliphatic carbocycles. The summed E-state index contributed by atoms with van der Waals surface area (Å²) in [6.45, 7) is 0. The first-order valence-electron chi connectivity index (χ1n) is 6.25. The van der Waals surface area contributed by atoms with Crippen LogP contribution in [0, 0.1) is 5.82 Å². The van der Waals surface area contributed by atoms with Crippen molar-refractivity contribution < 1.29 is 9.13 Å². The molecule has 0 bridgehead atoms. The predicted octanol–water partition coefficient (Wildman–Crippen LogP) is 3.27. The molecular weight excluding hydrogens is 261 g/mol. The van der Waals surface area contributed by atoms with Crippen molar-refractivity contribution in [3.05, 3.63) is 52.0 Å². The minimum Gasteiger partial charge on any atom is -0.494 e. The number of thiophene rings is 1. The third-order valence-electron chi connectivity index (χ3n) is 3.13. The first-order chi connectivity index (χ1) is 9.22. The average Bonchev–Trinajstić information content (AvgIpc) is 2.91. The SMILES string of the molecule is CNC(Cc1ccc(OC)c(F)c1)Cc1cccs1. The lowest BCUT2D eigenvalue weighted by Gasteiger charge is -2.15. The zero-order chi connectivity index (χ0) is 13.7. The number of halogens is 1. The summed E-state index contributed by atoms with van der Waals surface area (Å²) >= 11 is 1.75. The van der Waals surface area contributed by atoms with Gasteiger partial charge in [0.1, 0.15) is 0 Å². The topological polar surface area (TPSA) is 21.3 Å². The van der Waals surface area contributed by atoms with Crippen molar-refractivity contribution in [1.82, 2.24) is 5.32 Å².